The first-order valence-electron chi connectivity index (χ1n) is 6.34. The van der Waals surface area contributed by atoms with Gasteiger partial charge in [-0.1, -0.05) is 13.8 Å². The van der Waals surface area contributed by atoms with Crippen LogP contribution in [0.2, 0.25) is 0 Å². The van der Waals surface area contributed by atoms with Crippen molar-refractivity contribution in [3.8, 4) is 0 Å². The van der Waals surface area contributed by atoms with Gasteiger partial charge in [0.1, 0.15) is 0 Å². The minimum atomic E-state index is 0.516. The summed E-state index contributed by atoms with van der Waals surface area (Å²) >= 11 is 1.89. The Morgan fingerprint density at radius 3 is 2.35 bits per heavy atom. The smallest absolute Gasteiger partial charge is 0.0480 e. The third kappa shape index (κ3) is 3.54. The predicted molar refractivity (Wildman–Crippen MR) is 77.7 cm³/mol. The first kappa shape index (κ1) is 14.7. The molecule has 2 unspecified atom stereocenters. The van der Waals surface area contributed by atoms with Crippen LogP contribution in [0.5, 0.6) is 0 Å². The Morgan fingerprint density at radius 1 is 1.35 bits per heavy atom. The van der Waals surface area contributed by atoms with E-state index in [9.17, 15) is 0 Å². The van der Waals surface area contributed by atoms with Crippen molar-refractivity contribution in [2.75, 3.05) is 27.7 Å². The predicted octanol–water partition coefficient (Wildman–Crippen LogP) is 3.15. The number of hydrogen-bond acceptors (Lipinski definition) is 3. The molecule has 1 heterocycles. The van der Waals surface area contributed by atoms with E-state index in [2.05, 4.69) is 56.5 Å². The van der Waals surface area contributed by atoms with Crippen molar-refractivity contribution in [2.24, 2.45) is 11.8 Å². The van der Waals surface area contributed by atoms with Crippen LogP contribution >= 0.6 is 11.3 Å². The number of hydrogen-bond donors (Lipinski definition) is 1. The monoisotopic (exact) mass is 254 g/mol. The van der Waals surface area contributed by atoms with Gasteiger partial charge in [0.25, 0.3) is 0 Å². The van der Waals surface area contributed by atoms with Gasteiger partial charge < -0.3 is 10.2 Å². The number of nitrogens with zero attached hydrogens (tertiary/aromatic N) is 1. The Balaban J connectivity index is 3.03. The number of rotatable bonds is 6. The van der Waals surface area contributed by atoms with Gasteiger partial charge in [-0.15, -0.1) is 11.3 Å². The lowest BCUT2D eigenvalue weighted by Gasteiger charge is -2.35. The zero-order valence-corrected chi connectivity index (χ0v) is 12.8. The maximum Gasteiger partial charge on any atom is 0.0480 e. The third-order valence-corrected chi connectivity index (χ3v) is 4.52. The second-order valence-corrected chi connectivity index (χ2v) is 6.29. The maximum atomic E-state index is 3.34. The van der Waals surface area contributed by atoms with E-state index in [-0.39, 0.29) is 0 Å². The van der Waals surface area contributed by atoms with Crippen molar-refractivity contribution < 1.29 is 0 Å². The first-order valence-corrected chi connectivity index (χ1v) is 7.22. The van der Waals surface area contributed by atoms with Crippen LogP contribution in [0, 0.1) is 18.8 Å². The molecule has 0 bridgehead atoms. The Morgan fingerprint density at radius 2 is 2.00 bits per heavy atom. The highest BCUT2D eigenvalue weighted by atomic mass is 32.1. The lowest BCUT2D eigenvalue weighted by Crippen LogP contribution is -2.36. The fourth-order valence-electron chi connectivity index (χ4n) is 2.45. The summed E-state index contributed by atoms with van der Waals surface area (Å²) in [5, 5.41) is 5.55. The number of nitrogens with one attached hydrogen (secondary N) is 1. The molecule has 1 rings (SSSR count). The van der Waals surface area contributed by atoms with Crippen LogP contribution in [0.15, 0.2) is 11.4 Å². The van der Waals surface area contributed by atoms with E-state index in [1.54, 1.807) is 0 Å². The summed E-state index contributed by atoms with van der Waals surface area (Å²) in [4.78, 5) is 3.88. The fourth-order valence-corrected chi connectivity index (χ4v) is 3.64. The molecule has 17 heavy (non-hydrogen) atoms. The highest BCUT2D eigenvalue weighted by Crippen LogP contribution is 2.36. The van der Waals surface area contributed by atoms with Gasteiger partial charge >= 0.3 is 0 Å². The van der Waals surface area contributed by atoms with Gasteiger partial charge in [-0.3, -0.25) is 0 Å². The van der Waals surface area contributed by atoms with Crippen molar-refractivity contribution in [2.45, 2.75) is 26.8 Å². The average Bonchev–Trinajstić information content (AvgIpc) is 2.63. The van der Waals surface area contributed by atoms with E-state index in [1.165, 1.54) is 10.4 Å². The summed E-state index contributed by atoms with van der Waals surface area (Å²) in [6.07, 6.45) is 0. The Labute approximate surface area is 110 Å². The van der Waals surface area contributed by atoms with Crippen LogP contribution in [0.1, 0.15) is 30.3 Å². The largest absolute Gasteiger partial charge is 0.319 e. The molecule has 2 nitrogen and oxygen atoms in total. The molecule has 0 spiro atoms. The fraction of sp³-hybridized carbons (Fsp3) is 0.714. The molecule has 0 radical (unpaired) electrons. The molecule has 2 atom stereocenters. The first-order chi connectivity index (χ1) is 7.99. The van der Waals surface area contributed by atoms with Gasteiger partial charge in [0.15, 0.2) is 0 Å². The van der Waals surface area contributed by atoms with Crippen molar-refractivity contribution in [3.63, 3.8) is 0 Å². The summed E-state index contributed by atoms with van der Waals surface area (Å²) in [6.45, 7) is 7.93. The van der Waals surface area contributed by atoms with Gasteiger partial charge in [0.2, 0.25) is 0 Å². The van der Waals surface area contributed by atoms with E-state index in [4.69, 9.17) is 0 Å². The van der Waals surface area contributed by atoms with Crippen LogP contribution < -0.4 is 5.32 Å². The quantitative estimate of drug-likeness (QED) is 0.839. The van der Waals surface area contributed by atoms with Crippen LogP contribution in [0.4, 0.5) is 0 Å². The molecule has 3 heteroatoms. The van der Waals surface area contributed by atoms with Crippen LogP contribution in [0.3, 0.4) is 0 Å². The maximum absolute atomic E-state index is 3.34. The van der Waals surface area contributed by atoms with Crippen molar-refractivity contribution in [3.05, 3.63) is 21.9 Å². The zero-order chi connectivity index (χ0) is 13.0. The van der Waals surface area contributed by atoms with E-state index < -0.39 is 0 Å². The van der Waals surface area contributed by atoms with E-state index in [0.29, 0.717) is 17.9 Å². The SMILES string of the molecule is CNCC(C(C)C)C(c1sccc1C)N(C)C. The minimum Gasteiger partial charge on any atom is -0.319 e. The zero-order valence-electron chi connectivity index (χ0n) is 11.9. The molecule has 0 aromatic carbocycles. The third-order valence-electron chi connectivity index (χ3n) is 3.43. The lowest BCUT2D eigenvalue weighted by atomic mass is 9.86. The molecule has 0 aliphatic rings. The number of aryl methyl sites for hydroxylation is 1. The number of thiophene rings is 1. The summed E-state index contributed by atoms with van der Waals surface area (Å²) in [7, 11) is 6.42. The average molecular weight is 254 g/mol. The minimum absolute atomic E-state index is 0.516. The van der Waals surface area contributed by atoms with E-state index >= 15 is 0 Å². The molecule has 0 saturated carbocycles. The van der Waals surface area contributed by atoms with Crippen LogP contribution in [0.25, 0.3) is 0 Å². The van der Waals surface area contributed by atoms with Crippen molar-refractivity contribution in [1.82, 2.24) is 10.2 Å². The highest BCUT2D eigenvalue weighted by Gasteiger charge is 2.29. The second kappa shape index (κ2) is 6.53. The molecule has 0 amide bonds. The summed E-state index contributed by atoms with van der Waals surface area (Å²) in [6, 6.07) is 2.75. The molecule has 1 aromatic rings. The molecular weight excluding hydrogens is 228 g/mol. The lowest BCUT2D eigenvalue weighted by molar-refractivity contribution is 0.171. The molecule has 0 saturated heterocycles. The summed E-state index contributed by atoms with van der Waals surface area (Å²) in [5.74, 6) is 1.32. The van der Waals surface area contributed by atoms with Crippen LogP contribution in [-0.4, -0.2) is 32.6 Å². The van der Waals surface area contributed by atoms with Crippen LogP contribution in [-0.2, 0) is 0 Å². The normalized spacial score (nSPS) is 15.5. The second-order valence-electron chi connectivity index (χ2n) is 5.34. The molecular formula is C14H26N2S. The Bertz CT molecular complexity index is 331. The molecule has 0 fully saturated rings. The van der Waals surface area contributed by atoms with Gasteiger partial charge in [0, 0.05) is 10.9 Å². The van der Waals surface area contributed by atoms with Gasteiger partial charge in [-0.05, 0) is 63.5 Å². The van der Waals surface area contributed by atoms with Gasteiger partial charge in [-0.2, -0.15) is 0 Å². The molecule has 1 N–H and O–H groups in total. The Hall–Kier alpha value is -0.380. The Kier molecular flexibility index (Phi) is 5.63. The topological polar surface area (TPSA) is 15.3 Å². The molecule has 0 aliphatic heterocycles. The van der Waals surface area contributed by atoms with E-state index in [1.807, 2.05) is 18.4 Å². The van der Waals surface area contributed by atoms with Crippen molar-refractivity contribution in [1.29, 1.82) is 0 Å². The van der Waals surface area contributed by atoms with Gasteiger partial charge in [-0.25, -0.2) is 0 Å². The van der Waals surface area contributed by atoms with Crippen molar-refractivity contribution >= 4 is 11.3 Å². The molecule has 1 aromatic heterocycles. The summed E-state index contributed by atoms with van der Waals surface area (Å²) in [5.41, 5.74) is 1.43. The molecule has 98 valence electrons. The summed E-state index contributed by atoms with van der Waals surface area (Å²) < 4.78 is 0. The van der Waals surface area contributed by atoms with E-state index in [0.717, 1.165) is 6.54 Å². The standard InChI is InChI=1S/C14H26N2S/c1-10(2)12(9-15-4)13(16(5)6)14-11(3)7-8-17-14/h7-8,10,12-13,15H,9H2,1-6H3. The van der Waals surface area contributed by atoms with Gasteiger partial charge in [0.05, 0.1) is 0 Å². The molecule has 0 aliphatic carbocycles. The highest BCUT2D eigenvalue weighted by molar-refractivity contribution is 7.10.